The second kappa shape index (κ2) is 10.2. The predicted octanol–water partition coefficient (Wildman–Crippen LogP) is 4.93. The van der Waals surface area contributed by atoms with Crippen molar-refractivity contribution in [3.8, 4) is 0 Å². The molecule has 1 saturated heterocycles. The number of hydrogen-bond donors (Lipinski definition) is 0. The maximum absolute atomic E-state index is 13.3. The van der Waals surface area contributed by atoms with E-state index in [9.17, 15) is 18.0 Å². The van der Waals surface area contributed by atoms with Crippen molar-refractivity contribution in [1.82, 2.24) is 4.31 Å². The van der Waals surface area contributed by atoms with Gasteiger partial charge in [-0.2, -0.15) is 4.31 Å². The molecule has 8 heteroatoms. The Morgan fingerprint density at radius 3 is 2.09 bits per heavy atom. The lowest BCUT2D eigenvalue weighted by Gasteiger charge is -2.30. The number of Topliss-reactive ketones (excluding diaryl/α,β-unsaturated/α-hetero) is 1. The van der Waals surface area contributed by atoms with Crippen molar-refractivity contribution in [2.24, 2.45) is 5.92 Å². The Labute approximate surface area is 204 Å². The second-order valence-corrected chi connectivity index (χ2v) is 11.7. The summed E-state index contributed by atoms with van der Waals surface area (Å²) in [6.07, 6.45) is -0.352. The molecule has 1 fully saturated rings. The summed E-state index contributed by atoms with van der Waals surface area (Å²) in [6.45, 7) is 4.36. The highest BCUT2D eigenvalue weighted by Gasteiger charge is 2.35. The van der Waals surface area contributed by atoms with E-state index < -0.39 is 28.0 Å². The van der Waals surface area contributed by atoms with Gasteiger partial charge in [0.05, 0.1) is 5.92 Å². The number of ether oxygens (including phenoxy) is 1. The summed E-state index contributed by atoms with van der Waals surface area (Å²) in [4.78, 5) is 26.4. The van der Waals surface area contributed by atoms with Gasteiger partial charge in [-0.15, -0.1) is 11.3 Å². The van der Waals surface area contributed by atoms with Crippen LogP contribution in [0.5, 0.6) is 0 Å². The topological polar surface area (TPSA) is 80.8 Å². The van der Waals surface area contributed by atoms with Gasteiger partial charge in [0.2, 0.25) is 5.78 Å². The molecular weight excluding hydrogens is 470 g/mol. The fourth-order valence-corrected chi connectivity index (χ4v) is 6.58. The lowest BCUT2D eigenvalue weighted by Crippen LogP contribution is -2.40. The number of rotatable bonds is 7. The maximum atomic E-state index is 13.3. The normalized spacial score (nSPS) is 16.2. The molecule has 3 aromatic rings. The van der Waals surface area contributed by atoms with E-state index in [2.05, 4.69) is 0 Å². The summed E-state index contributed by atoms with van der Waals surface area (Å²) < 4.78 is 33.0. The van der Waals surface area contributed by atoms with E-state index >= 15 is 0 Å². The van der Waals surface area contributed by atoms with Gasteiger partial charge >= 0.3 is 5.97 Å². The molecule has 1 atom stereocenters. The third kappa shape index (κ3) is 5.29. The molecule has 0 amide bonds. The summed E-state index contributed by atoms with van der Waals surface area (Å²) >= 11 is 1.18. The minimum Gasteiger partial charge on any atom is -0.449 e. The molecule has 2 aromatic carbocycles. The highest BCUT2D eigenvalue weighted by molar-refractivity contribution is 7.91. The number of carbonyl (C=O) groups excluding carboxylic acids is 2. The zero-order chi connectivity index (χ0) is 24.3. The van der Waals surface area contributed by atoms with E-state index in [0.717, 1.165) is 11.1 Å². The zero-order valence-electron chi connectivity index (χ0n) is 19.1. The van der Waals surface area contributed by atoms with Crippen LogP contribution in [0.3, 0.4) is 0 Å². The quantitative estimate of drug-likeness (QED) is 0.341. The lowest BCUT2D eigenvalue weighted by molar-refractivity contribution is -0.153. The van der Waals surface area contributed by atoms with E-state index in [4.69, 9.17) is 4.74 Å². The van der Waals surface area contributed by atoms with Crippen molar-refractivity contribution in [3.05, 3.63) is 88.3 Å². The van der Waals surface area contributed by atoms with Crippen LogP contribution in [0, 0.1) is 19.8 Å². The maximum Gasteiger partial charge on any atom is 0.310 e. The van der Waals surface area contributed by atoms with Crippen molar-refractivity contribution in [1.29, 1.82) is 0 Å². The molecule has 178 valence electrons. The third-order valence-corrected chi connectivity index (χ3v) is 9.34. The molecule has 0 radical (unpaired) electrons. The summed E-state index contributed by atoms with van der Waals surface area (Å²) in [5.74, 6) is -1.22. The van der Waals surface area contributed by atoms with Gasteiger partial charge in [0.25, 0.3) is 10.0 Å². The number of carbonyl (C=O) groups is 2. The predicted molar refractivity (Wildman–Crippen MR) is 131 cm³/mol. The molecule has 0 saturated carbocycles. The van der Waals surface area contributed by atoms with E-state index in [1.807, 2.05) is 38.1 Å². The van der Waals surface area contributed by atoms with Gasteiger partial charge < -0.3 is 4.74 Å². The molecular formula is C26H27NO5S2. The van der Waals surface area contributed by atoms with E-state index in [0.29, 0.717) is 28.2 Å². The summed E-state index contributed by atoms with van der Waals surface area (Å²) in [5, 5.41) is 1.73. The zero-order valence-corrected chi connectivity index (χ0v) is 20.8. The minimum absolute atomic E-state index is 0.237. The summed E-state index contributed by atoms with van der Waals surface area (Å²) in [6, 6.07) is 17.8. The smallest absolute Gasteiger partial charge is 0.310 e. The van der Waals surface area contributed by atoms with Gasteiger partial charge in [0.1, 0.15) is 4.21 Å². The van der Waals surface area contributed by atoms with Gasteiger partial charge in [-0.1, -0.05) is 65.7 Å². The fraction of sp³-hybridized carbons (Fsp3) is 0.308. The van der Waals surface area contributed by atoms with Crippen LogP contribution in [0.4, 0.5) is 0 Å². The third-order valence-electron chi connectivity index (χ3n) is 6.06. The van der Waals surface area contributed by atoms with Gasteiger partial charge in [0, 0.05) is 24.2 Å². The Balaban J connectivity index is 1.48. The van der Waals surface area contributed by atoms with E-state index in [1.165, 1.54) is 15.6 Å². The Morgan fingerprint density at radius 2 is 1.53 bits per heavy atom. The summed E-state index contributed by atoms with van der Waals surface area (Å²) in [5.41, 5.74) is 3.16. The molecule has 6 nitrogen and oxygen atoms in total. The molecule has 4 rings (SSSR count). The van der Waals surface area contributed by atoms with Gasteiger partial charge in [-0.05, 0) is 38.1 Å². The number of benzene rings is 2. The largest absolute Gasteiger partial charge is 0.449 e. The molecule has 0 bridgehead atoms. The first-order valence-corrected chi connectivity index (χ1v) is 13.5. The highest BCUT2D eigenvalue weighted by Crippen LogP contribution is 2.30. The van der Waals surface area contributed by atoms with Crippen LogP contribution in [0.2, 0.25) is 0 Å². The molecule has 1 aromatic heterocycles. The molecule has 34 heavy (non-hydrogen) atoms. The first-order valence-electron chi connectivity index (χ1n) is 11.2. The second-order valence-electron chi connectivity index (χ2n) is 8.57. The van der Waals surface area contributed by atoms with Gasteiger partial charge in [-0.25, -0.2) is 8.42 Å². The van der Waals surface area contributed by atoms with Crippen LogP contribution in [0.25, 0.3) is 0 Å². The van der Waals surface area contributed by atoms with Crippen LogP contribution in [-0.4, -0.2) is 37.6 Å². The SMILES string of the molecule is Cc1ccc(C(=O)C(OC(=O)C2CCN(S(=O)(=O)c3cccs3)CC2)c2ccc(C)cc2)cc1. The van der Waals surface area contributed by atoms with Crippen LogP contribution in [0.1, 0.15) is 46.0 Å². The standard InChI is InChI=1S/C26H27NO5S2/c1-18-5-9-20(10-6-18)24(28)25(21-11-7-19(2)8-12-21)32-26(29)22-13-15-27(16-14-22)34(30,31)23-4-3-17-33-23/h3-12,17,22,25H,13-16H2,1-2H3. The molecule has 0 aliphatic carbocycles. The lowest BCUT2D eigenvalue weighted by atomic mass is 9.96. The fourth-order valence-electron chi connectivity index (χ4n) is 3.97. The highest BCUT2D eigenvalue weighted by atomic mass is 32.2. The number of ketones is 1. The monoisotopic (exact) mass is 497 g/mol. The molecule has 1 aliphatic heterocycles. The Bertz CT molecular complexity index is 1240. The number of sulfonamides is 1. The van der Waals surface area contributed by atoms with Crippen molar-refractivity contribution in [2.45, 2.75) is 37.0 Å². The molecule has 0 spiro atoms. The average Bonchev–Trinajstić information content (AvgIpc) is 3.39. The van der Waals surface area contributed by atoms with Gasteiger partial charge in [-0.3, -0.25) is 9.59 Å². The molecule has 1 unspecified atom stereocenters. The van der Waals surface area contributed by atoms with Gasteiger partial charge in [0.15, 0.2) is 6.10 Å². The van der Waals surface area contributed by atoms with Crippen LogP contribution < -0.4 is 0 Å². The number of piperidine rings is 1. The van der Waals surface area contributed by atoms with Crippen LogP contribution in [0.15, 0.2) is 70.3 Å². The average molecular weight is 498 g/mol. The Morgan fingerprint density at radius 1 is 0.941 bits per heavy atom. The molecule has 2 heterocycles. The first kappa shape index (κ1) is 24.3. The van der Waals surface area contributed by atoms with Crippen LogP contribution in [-0.2, 0) is 19.6 Å². The first-order chi connectivity index (χ1) is 16.3. The number of esters is 1. The van der Waals surface area contributed by atoms with Crippen LogP contribution >= 0.6 is 11.3 Å². The Kier molecular flexibility index (Phi) is 7.30. The van der Waals surface area contributed by atoms with Crippen molar-refractivity contribution >= 4 is 33.1 Å². The summed E-state index contributed by atoms with van der Waals surface area (Å²) in [7, 11) is -3.55. The van der Waals surface area contributed by atoms with Crippen molar-refractivity contribution < 1.29 is 22.7 Å². The minimum atomic E-state index is -3.55. The Hall–Kier alpha value is -2.81. The van der Waals surface area contributed by atoms with Crippen molar-refractivity contribution in [3.63, 3.8) is 0 Å². The number of aryl methyl sites for hydroxylation is 2. The number of hydrogen-bond acceptors (Lipinski definition) is 6. The molecule has 0 N–H and O–H groups in total. The molecule has 1 aliphatic rings. The number of nitrogens with zero attached hydrogens (tertiary/aromatic N) is 1. The number of thiophene rings is 1. The van der Waals surface area contributed by atoms with E-state index in [-0.39, 0.29) is 18.9 Å². The van der Waals surface area contributed by atoms with Crippen molar-refractivity contribution in [2.75, 3.05) is 13.1 Å². The van der Waals surface area contributed by atoms with E-state index in [1.54, 1.807) is 41.8 Å².